The molecule has 1 N–H and O–H groups in total. The van der Waals surface area contributed by atoms with Gasteiger partial charge >= 0.3 is 5.97 Å². The summed E-state index contributed by atoms with van der Waals surface area (Å²) in [5, 5.41) is 8.60. The van der Waals surface area contributed by atoms with Gasteiger partial charge in [0.15, 0.2) is 0 Å². The predicted molar refractivity (Wildman–Crippen MR) is 55.9 cm³/mol. The summed E-state index contributed by atoms with van der Waals surface area (Å²) in [6.07, 6.45) is 1.49. The summed E-state index contributed by atoms with van der Waals surface area (Å²) in [6.45, 7) is 4.73. The fourth-order valence-electron chi connectivity index (χ4n) is 1.06. The Morgan fingerprint density at radius 3 is 2.93 bits per heavy atom. The topological polar surface area (TPSA) is 59.4 Å². The number of aliphatic carboxylic acids is 1. The number of aromatic nitrogens is 1. The summed E-state index contributed by atoms with van der Waals surface area (Å²) >= 11 is 0. The molecule has 4 nitrogen and oxygen atoms in total. The number of carboxylic acids is 1. The molecule has 82 valence electrons. The Balaban J connectivity index is 2.61. The molecule has 1 aromatic rings. The van der Waals surface area contributed by atoms with Crippen molar-refractivity contribution >= 4 is 5.97 Å². The van der Waals surface area contributed by atoms with E-state index in [0.717, 1.165) is 0 Å². The molecule has 0 unspecified atom stereocenters. The third-order valence-corrected chi connectivity index (χ3v) is 1.70. The van der Waals surface area contributed by atoms with Crippen LogP contribution in [0.3, 0.4) is 0 Å². The van der Waals surface area contributed by atoms with E-state index < -0.39 is 5.97 Å². The quantitative estimate of drug-likeness (QED) is 0.802. The number of nitrogens with zero attached hydrogens (tertiary/aromatic N) is 1. The molecule has 0 atom stereocenters. The van der Waals surface area contributed by atoms with Crippen molar-refractivity contribution in [1.29, 1.82) is 0 Å². The first-order chi connectivity index (χ1) is 7.08. The Kier molecular flexibility index (Phi) is 4.09. The summed E-state index contributed by atoms with van der Waals surface area (Å²) in [4.78, 5) is 14.4. The van der Waals surface area contributed by atoms with Gasteiger partial charge in [-0.1, -0.05) is 13.8 Å². The SMILES string of the molecule is CC(C)COc1ccnc(CC(=O)O)c1. The number of hydrogen-bond acceptors (Lipinski definition) is 3. The average molecular weight is 209 g/mol. The molecule has 0 bridgehead atoms. The smallest absolute Gasteiger partial charge is 0.309 e. The van der Waals surface area contributed by atoms with E-state index in [0.29, 0.717) is 24.0 Å². The first-order valence-electron chi connectivity index (χ1n) is 4.87. The Hall–Kier alpha value is -1.58. The molecule has 0 aliphatic heterocycles. The van der Waals surface area contributed by atoms with E-state index in [9.17, 15) is 4.79 Å². The maximum absolute atomic E-state index is 10.5. The van der Waals surface area contributed by atoms with Crippen molar-refractivity contribution in [3.63, 3.8) is 0 Å². The van der Waals surface area contributed by atoms with Gasteiger partial charge in [0.2, 0.25) is 0 Å². The zero-order valence-corrected chi connectivity index (χ0v) is 8.93. The molecule has 0 spiro atoms. The molecule has 0 aliphatic carbocycles. The second kappa shape index (κ2) is 5.34. The molecule has 0 saturated carbocycles. The molecule has 1 aromatic heterocycles. The minimum Gasteiger partial charge on any atom is -0.493 e. The molecule has 0 aromatic carbocycles. The van der Waals surface area contributed by atoms with Crippen molar-refractivity contribution in [3.8, 4) is 5.75 Å². The van der Waals surface area contributed by atoms with E-state index in [4.69, 9.17) is 9.84 Å². The minimum absolute atomic E-state index is 0.0706. The largest absolute Gasteiger partial charge is 0.493 e. The molecule has 0 radical (unpaired) electrons. The van der Waals surface area contributed by atoms with E-state index in [2.05, 4.69) is 18.8 Å². The van der Waals surface area contributed by atoms with Gasteiger partial charge in [-0.3, -0.25) is 9.78 Å². The lowest BCUT2D eigenvalue weighted by Gasteiger charge is -2.08. The van der Waals surface area contributed by atoms with Crippen LogP contribution in [0.2, 0.25) is 0 Å². The van der Waals surface area contributed by atoms with Crippen LogP contribution in [-0.4, -0.2) is 22.7 Å². The Morgan fingerprint density at radius 2 is 2.33 bits per heavy atom. The van der Waals surface area contributed by atoms with Gasteiger partial charge in [0.1, 0.15) is 5.75 Å². The van der Waals surface area contributed by atoms with E-state index in [1.165, 1.54) is 0 Å². The fourth-order valence-corrected chi connectivity index (χ4v) is 1.06. The van der Waals surface area contributed by atoms with Crippen molar-refractivity contribution in [1.82, 2.24) is 4.98 Å². The molecule has 0 aliphatic rings. The Morgan fingerprint density at radius 1 is 1.60 bits per heavy atom. The van der Waals surface area contributed by atoms with Crippen molar-refractivity contribution < 1.29 is 14.6 Å². The van der Waals surface area contributed by atoms with Crippen molar-refractivity contribution in [2.24, 2.45) is 5.92 Å². The molecule has 0 amide bonds. The first-order valence-corrected chi connectivity index (χ1v) is 4.87. The summed E-state index contributed by atoms with van der Waals surface area (Å²) < 4.78 is 5.46. The third kappa shape index (κ3) is 4.44. The number of carbonyl (C=O) groups is 1. The number of hydrogen-bond donors (Lipinski definition) is 1. The van der Waals surface area contributed by atoms with E-state index >= 15 is 0 Å². The van der Waals surface area contributed by atoms with Crippen LogP contribution in [-0.2, 0) is 11.2 Å². The summed E-state index contributed by atoms with van der Waals surface area (Å²) in [6, 6.07) is 3.39. The summed E-state index contributed by atoms with van der Waals surface area (Å²) in [5.74, 6) is 0.236. The van der Waals surface area contributed by atoms with E-state index in [-0.39, 0.29) is 6.42 Å². The van der Waals surface area contributed by atoms with Crippen molar-refractivity contribution in [3.05, 3.63) is 24.0 Å². The maximum atomic E-state index is 10.5. The van der Waals surface area contributed by atoms with Gasteiger partial charge in [0.05, 0.1) is 18.7 Å². The van der Waals surface area contributed by atoms with Gasteiger partial charge in [0.25, 0.3) is 0 Å². The molecular weight excluding hydrogens is 194 g/mol. The number of rotatable bonds is 5. The summed E-state index contributed by atoms with van der Waals surface area (Å²) in [7, 11) is 0. The molecular formula is C11H15NO3. The van der Waals surface area contributed by atoms with Crippen LogP contribution in [0.15, 0.2) is 18.3 Å². The number of carboxylic acid groups (broad SMARTS) is 1. The van der Waals surface area contributed by atoms with Crippen LogP contribution in [0.1, 0.15) is 19.5 Å². The lowest BCUT2D eigenvalue weighted by Crippen LogP contribution is -2.06. The fraction of sp³-hybridized carbons (Fsp3) is 0.455. The Labute approximate surface area is 88.9 Å². The predicted octanol–water partition coefficient (Wildman–Crippen LogP) is 1.74. The first kappa shape index (κ1) is 11.5. The lowest BCUT2D eigenvalue weighted by atomic mass is 10.2. The van der Waals surface area contributed by atoms with Crippen molar-refractivity contribution in [2.75, 3.05) is 6.61 Å². The van der Waals surface area contributed by atoms with Crippen LogP contribution >= 0.6 is 0 Å². The minimum atomic E-state index is -0.886. The highest BCUT2D eigenvalue weighted by Crippen LogP contribution is 2.12. The molecule has 0 saturated heterocycles. The van der Waals surface area contributed by atoms with Crippen molar-refractivity contribution in [2.45, 2.75) is 20.3 Å². The second-order valence-corrected chi connectivity index (χ2v) is 3.76. The van der Waals surface area contributed by atoms with Gasteiger partial charge in [-0.05, 0) is 12.0 Å². The monoisotopic (exact) mass is 209 g/mol. The van der Waals surface area contributed by atoms with Gasteiger partial charge < -0.3 is 9.84 Å². The van der Waals surface area contributed by atoms with Gasteiger partial charge in [-0.2, -0.15) is 0 Å². The van der Waals surface area contributed by atoms with Crippen LogP contribution in [0.4, 0.5) is 0 Å². The average Bonchev–Trinajstić information content (AvgIpc) is 2.14. The third-order valence-electron chi connectivity index (χ3n) is 1.70. The van der Waals surface area contributed by atoms with Gasteiger partial charge in [0, 0.05) is 12.3 Å². The highest BCUT2D eigenvalue weighted by molar-refractivity contribution is 5.69. The second-order valence-electron chi connectivity index (χ2n) is 3.76. The zero-order chi connectivity index (χ0) is 11.3. The molecule has 0 fully saturated rings. The zero-order valence-electron chi connectivity index (χ0n) is 8.93. The van der Waals surface area contributed by atoms with E-state index in [1.54, 1.807) is 18.3 Å². The van der Waals surface area contributed by atoms with Crippen LogP contribution in [0.25, 0.3) is 0 Å². The highest BCUT2D eigenvalue weighted by atomic mass is 16.5. The maximum Gasteiger partial charge on any atom is 0.309 e. The number of ether oxygens (including phenoxy) is 1. The van der Waals surface area contributed by atoms with Gasteiger partial charge in [-0.15, -0.1) is 0 Å². The molecule has 1 rings (SSSR count). The molecule has 15 heavy (non-hydrogen) atoms. The molecule has 1 heterocycles. The summed E-state index contributed by atoms with van der Waals surface area (Å²) in [5.41, 5.74) is 0.517. The van der Waals surface area contributed by atoms with E-state index in [1.807, 2.05) is 0 Å². The number of pyridine rings is 1. The molecule has 4 heteroatoms. The van der Waals surface area contributed by atoms with Crippen LogP contribution in [0, 0.1) is 5.92 Å². The van der Waals surface area contributed by atoms with Crippen LogP contribution in [0.5, 0.6) is 5.75 Å². The normalized spacial score (nSPS) is 10.3. The standard InChI is InChI=1S/C11H15NO3/c1-8(2)7-15-10-3-4-12-9(5-10)6-11(13)14/h3-5,8H,6-7H2,1-2H3,(H,13,14). The highest BCUT2D eigenvalue weighted by Gasteiger charge is 2.03. The lowest BCUT2D eigenvalue weighted by molar-refractivity contribution is -0.136. The Bertz CT molecular complexity index is 336. The van der Waals surface area contributed by atoms with Gasteiger partial charge in [-0.25, -0.2) is 0 Å². The van der Waals surface area contributed by atoms with Crippen LogP contribution < -0.4 is 4.74 Å².